The van der Waals surface area contributed by atoms with Crippen molar-refractivity contribution in [1.82, 2.24) is 4.98 Å². The molecule has 6 heteroatoms. The summed E-state index contributed by atoms with van der Waals surface area (Å²) in [4.78, 5) is 3.90. The Morgan fingerprint density at radius 3 is 2.68 bits per heavy atom. The quantitative estimate of drug-likeness (QED) is 0.930. The van der Waals surface area contributed by atoms with Crippen LogP contribution in [-0.4, -0.2) is 16.5 Å². The molecule has 3 nitrogen and oxygen atoms in total. The van der Waals surface area contributed by atoms with Crippen LogP contribution in [0.1, 0.15) is 5.56 Å². The highest BCUT2D eigenvalue weighted by Crippen LogP contribution is 2.29. The van der Waals surface area contributed by atoms with Gasteiger partial charge in [-0.15, -0.1) is 13.2 Å². The van der Waals surface area contributed by atoms with E-state index in [-0.39, 0.29) is 12.4 Å². The van der Waals surface area contributed by atoms with Crippen molar-refractivity contribution in [1.29, 1.82) is 0 Å². The fourth-order valence-electron chi connectivity index (χ4n) is 1.68. The minimum absolute atomic E-state index is 0.220. The zero-order valence-electron chi connectivity index (χ0n) is 9.69. The van der Waals surface area contributed by atoms with Gasteiger partial charge in [0, 0.05) is 18.0 Å². The third kappa shape index (κ3) is 3.45. The van der Waals surface area contributed by atoms with Crippen LogP contribution in [0.2, 0.25) is 0 Å². The highest BCUT2D eigenvalue weighted by atomic mass is 19.4. The first-order valence-electron chi connectivity index (χ1n) is 5.39. The number of pyridine rings is 1. The van der Waals surface area contributed by atoms with Gasteiger partial charge >= 0.3 is 6.36 Å². The summed E-state index contributed by atoms with van der Waals surface area (Å²) in [5.41, 5.74) is 1.65. The van der Waals surface area contributed by atoms with E-state index < -0.39 is 6.36 Å². The van der Waals surface area contributed by atoms with Gasteiger partial charge in [-0.25, -0.2) is 0 Å². The molecule has 0 saturated carbocycles. The van der Waals surface area contributed by atoms with Crippen molar-refractivity contribution in [2.45, 2.75) is 13.0 Å². The van der Waals surface area contributed by atoms with Crippen molar-refractivity contribution in [3.63, 3.8) is 0 Å². The topological polar surface area (TPSA) is 42.4 Å². The Bertz CT molecular complexity index is 570. The van der Waals surface area contributed by atoms with Crippen molar-refractivity contribution in [2.75, 3.05) is 0 Å². The van der Waals surface area contributed by atoms with Crippen LogP contribution >= 0.6 is 0 Å². The molecule has 0 bridgehead atoms. The van der Waals surface area contributed by atoms with E-state index in [0.29, 0.717) is 16.7 Å². The number of rotatable bonds is 3. The standard InChI is InChI=1S/C13H10F3NO2/c14-13(15,16)19-11-3-1-2-9(6-11)12-7-17-5-4-10(12)8-18/h1-7,18H,8H2. The predicted octanol–water partition coefficient (Wildman–Crippen LogP) is 3.14. The zero-order valence-corrected chi connectivity index (χ0v) is 9.69. The van der Waals surface area contributed by atoms with E-state index >= 15 is 0 Å². The van der Waals surface area contributed by atoms with E-state index in [0.717, 1.165) is 0 Å². The Labute approximate surface area is 107 Å². The van der Waals surface area contributed by atoms with Gasteiger partial charge in [0.15, 0.2) is 0 Å². The normalized spacial score (nSPS) is 11.4. The smallest absolute Gasteiger partial charge is 0.406 e. The summed E-state index contributed by atoms with van der Waals surface area (Å²) < 4.78 is 40.3. The number of aliphatic hydroxyl groups is 1. The van der Waals surface area contributed by atoms with E-state index in [2.05, 4.69) is 9.72 Å². The van der Waals surface area contributed by atoms with Crippen molar-refractivity contribution in [3.05, 3.63) is 48.3 Å². The summed E-state index contributed by atoms with van der Waals surface area (Å²) in [5.74, 6) is -0.308. The molecule has 0 amide bonds. The lowest BCUT2D eigenvalue weighted by Crippen LogP contribution is -2.17. The van der Waals surface area contributed by atoms with E-state index in [4.69, 9.17) is 0 Å². The SMILES string of the molecule is OCc1ccncc1-c1cccc(OC(F)(F)F)c1. The monoisotopic (exact) mass is 269 g/mol. The van der Waals surface area contributed by atoms with Crippen molar-refractivity contribution in [3.8, 4) is 16.9 Å². The number of alkyl halides is 3. The molecule has 100 valence electrons. The molecule has 1 aromatic carbocycles. The summed E-state index contributed by atoms with van der Waals surface area (Å²) in [6, 6.07) is 7.15. The van der Waals surface area contributed by atoms with Gasteiger partial charge in [0.1, 0.15) is 5.75 Å². The second kappa shape index (κ2) is 5.27. The Kier molecular flexibility index (Phi) is 3.71. The first kappa shape index (κ1) is 13.4. The minimum atomic E-state index is -4.73. The Hall–Kier alpha value is -2.08. The lowest BCUT2D eigenvalue weighted by Gasteiger charge is -2.11. The first-order valence-corrected chi connectivity index (χ1v) is 5.39. The lowest BCUT2D eigenvalue weighted by molar-refractivity contribution is -0.274. The van der Waals surface area contributed by atoms with E-state index in [1.807, 2.05) is 0 Å². The molecule has 0 aliphatic rings. The zero-order chi connectivity index (χ0) is 13.9. The molecule has 1 aromatic heterocycles. The molecule has 0 aliphatic carbocycles. The van der Waals surface area contributed by atoms with Gasteiger partial charge in [-0.2, -0.15) is 0 Å². The van der Waals surface area contributed by atoms with Crippen LogP contribution in [0.3, 0.4) is 0 Å². The average molecular weight is 269 g/mol. The fourth-order valence-corrected chi connectivity index (χ4v) is 1.68. The fraction of sp³-hybridized carbons (Fsp3) is 0.154. The van der Waals surface area contributed by atoms with Crippen LogP contribution < -0.4 is 4.74 Å². The number of nitrogens with zero attached hydrogens (tertiary/aromatic N) is 1. The molecule has 0 fully saturated rings. The molecule has 19 heavy (non-hydrogen) atoms. The number of hydrogen-bond donors (Lipinski definition) is 1. The summed E-state index contributed by atoms with van der Waals surface area (Å²) in [5, 5.41) is 9.20. The molecule has 2 aromatic rings. The third-order valence-corrected chi connectivity index (χ3v) is 2.46. The van der Waals surface area contributed by atoms with Crippen LogP contribution in [-0.2, 0) is 6.61 Å². The minimum Gasteiger partial charge on any atom is -0.406 e. The Balaban J connectivity index is 2.38. The molecule has 0 atom stereocenters. The maximum atomic E-state index is 12.1. The van der Waals surface area contributed by atoms with Crippen molar-refractivity contribution in [2.24, 2.45) is 0 Å². The summed E-state index contributed by atoms with van der Waals surface area (Å²) in [7, 11) is 0. The van der Waals surface area contributed by atoms with Gasteiger partial charge in [0.05, 0.1) is 6.61 Å². The van der Waals surface area contributed by atoms with Crippen LogP contribution in [0.15, 0.2) is 42.7 Å². The van der Waals surface area contributed by atoms with Gasteiger partial charge in [-0.05, 0) is 29.3 Å². The molecular formula is C13H10F3NO2. The molecular weight excluding hydrogens is 259 g/mol. The maximum absolute atomic E-state index is 12.1. The Morgan fingerprint density at radius 2 is 2.00 bits per heavy atom. The number of hydrogen-bond acceptors (Lipinski definition) is 3. The molecule has 0 spiro atoms. The molecule has 1 heterocycles. The number of halogens is 3. The molecule has 2 rings (SSSR count). The number of aromatic nitrogens is 1. The van der Waals surface area contributed by atoms with Crippen molar-refractivity contribution < 1.29 is 23.0 Å². The summed E-state index contributed by atoms with van der Waals surface area (Å²) in [6.07, 6.45) is -1.74. The highest BCUT2D eigenvalue weighted by Gasteiger charge is 2.31. The first-order chi connectivity index (χ1) is 8.99. The molecule has 0 unspecified atom stereocenters. The third-order valence-electron chi connectivity index (χ3n) is 2.46. The van der Waals surface area contributed by atoms with E-state index in [9.17, 15) is 18.3 Å². The van der Waals surface area contributed by atoms with Gasteiger partial charge < -0.3 is 9.84 Å². The summed E-state index contributed by atoms with van der Waals surface area (Å²) in [6.45, 7) is -0.220. The van der Waals surface area contributed by atoms with E-state index in [1.165, 1.54) is 30.6 Å². The van der Waals surface area contributed by atoms with Gasteiger partial charge in [0.25, 0.3) is 0 Å². The lowest BCUT2D eigenvalue weighted by atomic mass is 10.0. The second-order valence-corrected chi connectivity index (χ2v) is 3.77. The predicted molar refractivity (Wildman–Crippen MR) is 62.3 cm³/mol. The highest BCUT2D eigenvalue weighted by molar-refractivity contribution is 5.67. The molecule has 0 aliphatic heterocycles. The van der Waals surface area contributed by atoms with Crippen molar-refractivity contribution >= 4 is 0 Å². The maximum Gasteiger partial charge on any atom is 0.573 e. The van der Waals surface area contributed by atoms with Gasteiger partial charge in [0.2, 0.25) is 0 Å². The van der Waals surface area contributed by atoms with Crippen LogP contribution in [0.25, 0.3) is 11.1 Å². The molecule has 0 radical (unpaired) electrons. The second-order valence-electron chi connectivity index (χ2n) is 3.77. The number of ether oxygens (including phenoxy) is 1. The molecule has 1 N–H and O–H groups in total. The van der Waals surface area contributed by atoms with Crippen LogP contribution in [0.5, 0.6) is 5.75 Å². The van der Waals surface area contributed by atoms with Gasteiger partial charge in [-0.1, -0.05) is 12.1 Å². The number of aliphatic hydroxyl groups excluding tert-OH is 1. The molecule has 0 saturated heterocycles. The largest absolute Gasteiger partial charge is 0.573 e. The summed E-state index contributed by atoms with van der Waals surface area (Å²) >= 11 is 0. The van der Waals surface area contributed by atoms with Crippen LogP contribution in [0, 0.1) is 0 Å². The van der Waals surface area contributed by atoms with E-state index in [1.54, 1.807) is 12.1 Å². The number of benzene rings is 1. The average Bonchev–Trinajstić information content (AvgIpc) is 2.37. The van der Waals surface area contributed by atoms with Gasteiger partial charge in [-0.3, -0.25) is 4.98 Å². The Morgan fingerprint density at radius 1 is 1.21 bits per heavy atom. The van der Waals surface area contributed by atoms with Crippen LogP contribution in [0.4, 0.5) is 13.2 Å².